The van der Waals surface area contributed by atoms with Crippen molar-refractivity contribution in [2.24, 2.45) is 5.73 Å². The Kier molecular flexibility index (Phi) is 4.57. The Morgan fingerprint density at radius 2 is 1.89 bits per heavy atom. The lowest BCUT2D eigenvalue weighted by atomic mass is 10.1. The summed E-state index contributed by atoms with van der Waals surface area (Å²) in [6.45, 7) is 2.84. The van der Waals surface area contributed by atoms with Gasteiger partial charge in [0.05, 0.1) is 18.3 Å². The third-order valence-corrected chi connectivity index (χ3v) is 4.84. The molecule has 0 aliphatic rings. The molecule has 0 atom stereocenters. The van der Waals surface area contributed by atoms with Crippen molar-refractivity contribution in [1.29, 1.82) is 0 Å². The molecule has 0 fully saturated rings. The van der Waals surface area contributed by atoms with Crippen LogP contribution in [-0.4, -0.2) is 22.6 Å². The van der Waals surface area contributed by atoms with Crippen molar-refractivity contribution < 1.29 is 9.53 Å². The van der Waals surface area contributed by atoms with E-state index < -0.39 is 5.91 Å². The number of methoxy groups -OCH3 is 1. The highest BCUT2D eigenvalue weighted by molar-refractivity contribution is 5.93. The average Bonchev–Trinajstić information content (AvgIpc) is 3.06. The Labute approximate surface area is 163 Å². The fourth-order valence-corrected chi connectivity index (χ4v) is 3.34. The van der Waals surface area contributed by atoms with Crippen LogP contribution in [0.25, 0.3) is 22.2 Å². The van der Waals surface area contributed by atoms with Crippen LogP contribution in [0.2, 0.25) is 0 Å². The zero-order valence-corrected chi connectivity index (χ0v) is 15.8. The third kappa shape index (κ3) is 3.34. The van der Waals surface area contributed by atoms with E-state index in [0.717, 1.165) is 28.8 Å². The summed E-state index contributed by atoms with van der Waals surface area (Å²) in [7, 11) is 1.67. The normalized spacial score (nSPS) is 10.9. The Morgan fingerprint density at radius 3 is 2.61 bits per heavy atom. The highest BCUT2D eigenvalue weighted by Gasteiger charge is 2.12. The highest BCUT2D eigenvalue weighted by Crippen LogP contribution is 2.32. The second-order valence-electron chi connectivity index (χ2n) is 6.82. The van der Waals surface area contributed by atoms with Crippen molar-refractivity contribution in [2.45, 2.75) is 13.5 Å². The van der Waals surface area contributed by atoms with Crippen LogP contribution in [0.3, 0.4) is 0 Å². The number of benzene rings is 2. The SMILES string of the molecule is COc1cn(Cc2ccc(C)cc2)c2ccc(-c3cccc(C(N)=O)n3)cc12. The minimum atomic E-state index is -0.537. The lowest BCUT2D eigenvalue weighted by molar-refractivity contribution is 0.0995. The van der Waals surface area contributed by atoms with E-state index in [0.29, 0.717) is 5.69 Å². The number of aryl methyl sites for hydroxylation is 1. The fourth-order valence-electron chi connectivity index (χ4n) is 3.34. The summed E-state index contributed by atoms with van der Waals surface area (Å²) in [5.74, 6) is 0.264. The molecule has 2 heterocycles. The smallest absolute Gasteiger partial charge is 0.267 e. The summed E-state index contributed by atoms with van der Waals surface area (Å²) < 4.78 is 7.78. The molecule has 0 radical (unpaired) electrons. The molecule has 0 bridgehead atoms. The van der Waals surface area contributed by atoms with E-state index in [1.807, 2.05) is 24.4 Å². The molecule has 4 aromatic rings. The van der Waals surface area contributed by atoms with E-state index in [1.54, 1.807) is 19.2 Å². The van der Waals surface area contributed by atoms with Gasteiger partial charge in [-0.05, 0) is 36.8 Å². The Bertz CT molecular complexity index is 1160. The first kappa shape index (κ1) is 17.8. The number of rotatable bonds is 5. The molecule has 1 amide bonds. The lowest BCUT2D eigenvalue weighted by Crippen LogP contribution is -2.12. The van der Waals surface area contributed by atoms with Crippen LogP contribution in [0.15, 0.2) is 66.9 Å². The minimum Gasteiger partial charge on any atom is -0.495 e. The summed E-state index contributed by atoms with van der Waals surface area (Å²) in [4.78, 5) is 15.8. The lowest BCUT2D eigenvalue weighted by Gasteiger charge is -2.07. The van der Waals surface area contributed by atoms with Crippen LogP contribution < -0.4 is 10.5 Å². The largest absolute Gasteiger partial charge is 0.495 e. The van der Waals surface area contributed by atoms with Crippen LogP contribution in [0, 0.1) is 6.92 Å². The predicted octanol–water partition coefficient (Wildman–Crippen LogP) is 4.17. The topological polar surface area (TPSA) is 70.1 Å². The van der Waals surface area contributed by atoms with Gasteiger partial charge >= 0.3 is 0 Å². The molecular formula is C23H21N3O2. The maximum Gasteiger partial charge on any atom is 0.267 e. The number of nitrogens with two attached hydrogens (primary N) is 1. The second kappa shape index (κ2) is 7.19. The predicted molar refractivity (Wildman–Crippen MR) is 111 cm³/mol. The maximum atomic E-state index is 11.4. The van der Waals surface area contributed by atoms with Crippen molar-refractivity contribution in [2.75, 3.05) is 7.11 Å². The first-order chi connectivity index (χ1) is 13.5. The van der Waals surface area contributed by atoms with Gasteiger partial charge in [-0.2, -0.15) is 0 Å². The van der Waals surface area contributed by atoms with Gasteiger partial charge < -0.3 is 15.0 Å². The number of ether oxygens (including phenoxy) is 1. The summed E-state index contributed by atoms with van der Waals surface area (Å²) in [5.41, 5.74) is 10.8. The van der Waals surface area contributed by atoms with Gasteiger partial charge in [-0.1, -0.05) is 42.0 Å². The molecule has 2 aromatic carbocycles. The first-order valence-electron chi connectivity index (χ1n) is 9.05. The van der Waals surface area contributed by atoms with E-state index >= 15 is 0 Å². The Morgan fingerprint density at radius 1 is 1.11 bits per heavy atom. The Hall–Kier alpha value is -3.60. The molecular weight excluding hydrogens is 350 g/mol. The molecule has 0 aliphatic carbocycles. The van der Waals surface area contributed by atoms with Gasteiger partial charge in [-0.3, -0.25) is 4.79 Å². The number of amides is 1. The standard InChI is InChI=1S/C23H21N3O2/c1-15-6-8-16(9-7-15)13-26-14-22(28-2)18-12-17(10-11-21(18)26)19-4-3-5-20(25-19)23(24)27/h3-12,14H,13H2,1-2H3,(H2,24,27). The maximum absolute atomic E-state index is 11.4. The van der Waals surface area contributed by atoms with Crippen molar-refractivity contribution in [3.8, 4) is 17.0 Å². The van der Waals surface area contributed by atoms with E-state index in [4.69, 9.17) is 10.5 Å². The van der Waals surface area contributed by atoms with Gasteiger partial charge in [0.15, 0.2) is 0 Å². The van der Waals surface area contributed by atoms with Gasteiger partial charge in [0.1, 0.15) is 11.4 Å². The van der Waals surface area contributed by atoms with Crippen LogP contribution in [0.5, 0.6) is 5.75 Å². The Balaban J connectivity index is 1.76. The number of primary amides is 1. The molecule has 5 nitrogen and oxygen atoms in total. The van der Waals surface area contributed by atoms with Crippen molar-refractivity contribution in [1.82, 2.24) is 9.55 Å². The van der Waals surface area contributed by atoms with E-state index in [1.165, 1.54) is 11.1 Å². The van der Waals surface area contributed by atoms with Gasteiger partial charge in [-0.15, -0.1) is 0 Å². The van der Waals surface area contributed by atoms with Crippen LogP contribution >= 0.6 is 0 Å². The summed E-state index contributed by atoms with van der Waals surface area (Å²) in [6, 6.07) is 19.9. The number of fused-ring (bicyclic) bond motifs is 1. The number of carbonyl (C=O) groups excluding carboxylic acids is 1. The molecule has 2 N–H and O–H groups in total. The monoisotopic (exact) mass is 371 g/mol. The zero-order valence-electron chi connectivity index (χ0n) is 15.8. The number of nitrogens with zero attached hydrogens (tertiary/aromatic N) is 2. The quantitative estimate of drug-likeness (QED) is 0.572. The molecule has 0 spiro atoms. The average molecular weight is 371 g/mol. The van der Waals surface area contributed by atoms with Gasteiger partial charge in [-0.25, -0.2) is 4.98 Å². The van der Waals surface area contributed by atoms with Crippen molar-refractivity contribution >= 4 is 16.8 Å². The molecule has 0 saturated carbocycles. The van der Waals surface area contributed by atoms with Gasteiger partial charge in [0, 0.05) is 23.7 Å². The second-order valence-corrected chi connectivity index (χ2v) is 6.82. The van der Waals surface area contributed by atoms with E-state index in [-0.39, 0.29) is 5.69 Å². The van der Waals surface area contributed by atoms with E-state index in [2.05, 4.69) is 46.8 Å². The molecule has 2 aromatic heterocycles. The highest BCUT2D eigenvalue weighted by atomic mass is 16.5. The number of carbonyl (C=O) groups is 1. The molecule has 0 unspecified atom stereocenters. The summed E-state index contributed by atoms with van der Waals surface area (Å²) in [6.07, 6.45) is 2.02. The summed E-state index contributed by atoms with van der Waals surface area (Å²) >= 11 is 0. The van der Waals surface area contributed by atoms with Gasteiger partial charge in [0.2, 0.25) is 0 Å². The zero-order chi connectivity index (χ0) is 19.7. The fraction of sp³-hybridized carbons (Fsp3) is 0.130. The first-order valence-corrected chi connectivity index (χ1v) is 9.05. The number of hydrogen-bond acceptors (Lipinski definition) is 3. The molecule has 0 aliphatic heterocycles. The van der Waals surface area contributed by atoms with Gasteiger partial charge in [0.25, 0.3) is 5.91 Å². The molecule has 5 heteroatoms. The number of pyridine rings is 1. The van der Waals surface area contributed by atoms with Crippen molar-refractivity contribution in [3.63, 3.8) is 0 Å². The van der Waals surface area contributed by atoms with Crippen LogP contribution in [0.1, 0.15) is 21.6 Å². The molecule has 28 heavy (non-hydrogen) atoms. The minimum absolute atomic E-state index is 0.251. The van der Waals surface area contributed by atoms with Crippen LogP contribution in [0.4, 0.5) is 0 Å². The molecule has 0 saturated heterocycles. The molecule has 140 valence electrons. The van der Waals surface area contributed by atoms with Crippen LogP contribution in [-0.2, 0) is 6.54 Å². The van der Waals surface area contributed by atoms with E-state index in [9.17, 15) is 4.79 Å². The number of aromatic nitrogens is 2. The van der Waals surface area contributed by atoms with Crippen molar-refractivity contribution in [3.05, 3.63) is 83.7 Å². The number of hydrogen-bond donors (Lipinski definition) is 1. The summed E-state index contributed by atoms with van der Waals surface area (Å²) in [5, 5.41) is 0.999. The molecule has 4 rings (SSSR count). The third-order valence-electron chi connectivity index (χ3n) is 4.84.